The van der Waals surface area contributed by atoms with Crippen LogP contribution in [-0.4, -0.2) is 6.54 Å². The molecule has 23 heavy (non-hydrogen) atoms. The minimum atomic E-state index is 0.784. The molecule has 0 radical (unpaired) electrons. The number of rotatable bonds is 14. The van der Waals surface area contributed by atoms with E-state index in [1.165, 1.54) is 0 Å². The van der Waals surface area contributed by atoms with Gasteiger partial charge in [-0.3, -0.25) is 0 Å². The van der Waals surface area contributed by atoms with E-state index in [0.717, 1.165) is 57.9 Å². The highest BCUT2D eigenvalue weighted by Crippen LogP contribution is 1.97. The first-order valence-corrected chi connectivity index (χ1v) is 9.01. The summed E-state index contributed by atoms with van der Waals surface area (Å²) in [6.45, 7) is 2.94. The van der Waals surface area contributed by atoms with Gasteiger partial charge in [-0.1, -0.05) is 79.8 Å². The smallest absolute Gasteiger partial charge is 0.00743 e. The summed E-state index contributed by atoms with van der Waals surface area (Å²) in [5.74, 6) is 0. The Kier molecular flexibility index (Phi) is 19.0. The van der Waals surface area contributed by atoms with E-state index in [4.69, 9.17) is 5.73 Å². The van der Waals surface area contributed by atoms with E-state index in [2.05, 4.69) is 79.8 Å². The van der Waals surface area contributed by atoms with Gasteiger partial charge in [0.2, 0.25) is 0 Å². The summed E-state index contributed by atoms with van der Waals surface area (Å²) in [6, 6.07) is 0. The molecule has 0 heterocycles. The van der Waals surface area contributed by atoms with Crippen LogP contribution in [0.1, 0.15) is 58.3 Å². The van der Waals surface area contributed by atoms with Crippen molar-refractivity contribution in [3.05, 3.63) is 72.9 Å². The van der Waals surface area contributed by atoms with Crippen LogP contribution in [0, 0.1) is 0 Å². The van der Waals surface area contributed by atoms with E-state index < -0.39 is 0 Å². The molecule has 0 fully saturated rings. The quantitative estimate of drug-likeness (QED) is 0.290. The number of unbranched alkanes of at least 4 members (excludes halogenated alkanes) is 1. The van der Waals surface area contributed by atoms with Gasteiger partial charge in [0.1, 0.15) is 0 Å². The van der Waals surface area contributed by atoms with Crippen molar-refractivity contribution in [1.29, 1.82) is 0 Å². The lowest BCUT2D eigenvalue weighted by atomic mass is 10.2. The molecule has 128 valence electrons. The molecule has 0 spiro atoms. The van der Waals surface area contributed by atoms with Crippen molar-refractivity contribution in [2.75, 3.05) is 6.54 Å². The van der Waals surface area contributed by atoms with Crippen LogP contribution >= 0.6 is 0 Å². The van der Waals surface area contributed by atoms with Gasteiger partial charge >= 0.3 is 0 Å². The summed E-state index contributed by atoms with van der Waals surface area (Å²) in [7, 11) is 0. The lowest BCUT2D eigenvalue weighted by molar-refractivity contribution is 0.853. The van der Waals surface area contributed by atoms with Crippen LogP contribution in [0.3, 0.4) is 0 Å². The molecule has 0 saturated heterocycles. The van der Waals surface area contributed by atoms with Gasteiger partial charge in [0.15, 0.2) is 0 Å². The second kappa shape index (κ2) is 20.4. The molecule has 0 aromatic carbocycles. The zero-order chi connectivity index (χ0) is 16.8. The van der Waals surface area contributed by atoms with Crippen LogP contribution < -0.4 is 5.73 Å². The second-order valence-electron chi connectivity index (χ2n) is 5.35. The minimum absolute atomic E-state index is 0.784. The summed E-state index contributed by atoms with van der Waals surface area (Å²) < 4.78 is 0. The van der Waals surface area contributed by atoms with Gasteiger partial charge in [0, 0.05) is 0 Å². The van der Waals surface area contributed by atoms with Crippen molar-refractivity contribution in [2.45, 2.75) is 58.3 Å². The summed E-state index contributed by atoms with van der Waals surface area (Å²) in [5.41, 5.74) is 5.44. The maximum atomic E-state index is 5.44. The lowest BCUT2D eigenvalue weighted by Gasteiger charge is -1.88. The van der Waals surface area contributed by atoms with Crippen LogP contribution in [0.15, 0.2) is 72.9 Å². The van der Waals surface area contributed by atoms with E-state index in [0.29, 0.717) is 0 Å². The van der Waals surface area contributed by atoms with Gasteiger partial charge in [-0.15, -0.1) is 0 Å². The molecule has 1 nitrogen and oxygen atoms in total. The van der Waals surface area contributed by atoms with Gasteiger partial charge in [-0.05, 0) is 57.9 Å². The van der Waals surface area contributed by atoms with Gasteiger partial charge in [-0.25, -0.2) is 0 Å². The summed E-state index contributed by atoms with van der Waals surface area (Å²) >= 11 is 0. The SMILES string of the molecule is CCC=CCC=CCC=CCC=CCC=CCC=CCCCN. The third kappa shape index (κ3) is 20.4. The van der Waals surface area contributed by atoms with Crippen molar-refractivity contribution in [3.63, 3.8) is 0 Å². The zero-order valence-corrected chi connectivity index (χ0v) is 14.9. The number of nitrogens with two attached hydrogens (primary N) is 1. The summed E-state index contributed by atoms with van der Waals surface area (Å²) in [6.07, 6.45) is 35.1. The minimum Gasteiger partial charge on any atom is -0.330 e. The first-order valence-electron chi connectivity index (χ1n) is 9.01. The summed E-state index contributed by atoms with van der Waals surface area (Å²) in [4.78, 5) is 0. The average molecular weight is 314 g/mol. The molecular formula is C22H35N. The Balaban J connectivity index is 3.47. The van der Waals surface area contributed by atoms with Crippen molar-refractivity contribution in [1.82, 2.24) is 0 Å². The third-order valence-corrected chi connectivity index (χ3v) is 3.17. The van der Waals surface area contributed by atoms with Crippen molar-refractivity contribution >= 4 is 0 Å². The predicted octanol–water partition coefficient (Wildman–Crippen LogP) is 6.42. The standard InChI is InChI=1S/C22H35N/c1-2-3-4-5-6-7-8-9-10-11-12-13-14-15-16-17-18-19-20-21-22-23/h3-4,6-7,9-10,12-13,15-16,18-19H,2,5,8,11,14,17,20-23H2,1H3. The largest absolute Gasteiger partial charge is 0.330 e. The van der Waals surface area contributed by atoms with Gasteiger partial charge in [-0.2, -0.15) is 0 Å². The van der Waals surface area contributed by atoms with Crippen molar-refractivity contribution < 1.29 is 0 Å². The zero-order valence-electron chi connectivity index (χ0n) is 14.9. The predicted molar refractivity (Wildman–Crippen MR) is 107 cm³/mol. The molecule has 1 heteroatoms. The number of allylic oxidation sites excluding steroid dienone is 12. The summed E-state index contributed by atoms with van der Waals surface area (Å²) in [5, 5.41) is 0. The fraction of sp³-hybridized carbons (Fsp3) is 0.455. The molecule has 2 N–H and O–H groups in total. The highest BCUT2D eigenvalue weighted by molar-refractivity contribution is 5.01. The molecule has 0 bridgehead atoms. The fourth-order valence-electron chi connectivity index (χ4n) is 1.88. The lowest BCUT2D eigenvalue weighted by Crippen LogP contribution is -1.96. The highest BCUT2D eigenvalue weighted by atomic mass is 14.5. The third-order valence-electron chi connectivity index (χ3n) is 3.17. The van der Waals surface area contributed by atoms with E-state index >= 15 is 0 Å². The van der Waals surface area contributed by atoms with E-state index in [9.17, 15) is 0 Å². The first kappa shape index (κ1) is 21.4. The van der Waals surface area contributed by atoms with Crippen LogP contribution in [0.2, 0.25) is 0 Å². The van der Waals surface area contributed by atoms with Gasteiger partial charge < -0.3 is 5.73 Å². The Morgan fingerprint density at radius 3 is 1.22 bits per heavy atom. The molecule has 0 saturated carbocycles. The molecule has 0 unspecified atom stereocenters. The molecule has 0 aliphatic heterocycles. The normalized spacial score (nSPS) is 13.3. The first-order chi connectivity index (χ1) is 11.4. The number of hydrogen-bond acceptors (Lipinski definition) is 1. The molecule has 0 aliphatic rings. The Morgan fingerprint density at radius 2 is 0.870 bits per heavy atom. The maximum Gasteiger partial charge on any atom is -0.00743 e. The molecule has 0 rings (SSSR count). The topological polar surface area (TPSA) is 26.0 Å². The Bertz CT molecular complexity index is 394. The molecule has 0 aromatic rings. The highest BCUT2D eigenvalue weighted by Gasteiger charge is 1.77. The van der Waals surface area contributed by atoms with Crippen molar-refractivity contribution in [3.8, 4) is 0 Å². The Labute approximate surface area is 144 Å². The van der Waals surface area contributed by atoms with E-state index in [1.54, 1.807) is 0 Å². The van der Waals surface area contributed by atoms with Crippen molar-refractivity contribution in [2.24, 2.45) is 5.73 Å². The maximum absolute atomic E-state index is 5.44. The van der Waals surface area contributed by atoms with Crippen LogP contribution in [-0.2, 0) is 0 Å². The van der Waals surface area contributed by atoms with Gasteiger partial charge in [0.05, 0.1) is 0 Å². The Morgan fingerprint density at radius 1 is 0.522 bits per heavy atom. The molecular weight excluding hydrogens is 278 g/mol. The molecule has 0 aromatic heterocycles. The van der Waals surface area contributed by atoms with Crippen LogP contribution in [0.4, 0.5) is 0 Å². The fourth-order valence-corrected chi connectivity index (χ4v) is 1.88. The van der Waals surface area contributed by atoms with E-state index in [-0.39, 0.29) is 0 Å². The van der Waals surface area contributed by atoms with Crippen LogP contribution in [0.25, 0.3) is 0 Å². The Hall–Kier alpha value is -1.60. The van der Waals surface area contributed by atoms with Crippen LogP contribution in [0.5, 0.6) is 0 Å². The molecule has 0 amide bonds. The van der Waals surface area contributed by atoms with Gasteiger partial charge in [0.25, 0.3) is 0 Å². The van der Waals surface area contributed by atoms with E-state index in [1.807, 2.05) is 0 Å². The number of hydrogen-bond donors (Lipinski definition) is 1. The molecule has 0 atom stereocenters. The average Bonchev–Trinajstić information content (AvgIpc) is 2.57. The monoisotopic (exact) mass is 313 g/mol. The second-order valence-corrected chi connectivity index (χ2v) is 5.35. The molecule has 0 aliphatic carbocycles.